The summed E-state index contributed by atoms with van der Waals surface area (Å²) in [6.07, 6.45) is 6.92. The van der Waals surface area contributed by atoms with Gasteiger partial charge in [0.25, 0.3) is 0 Å². The zero-order valence-corrected chi connectivity index (χ0v) is 9.74. The third-order valence-electron chi connectivity index (χ3n) is 2.48. The molecule has 0 unspecified atom stereocenters. The molecule has 82 valence electrons. The van der Waals surface area contributed by atoms with Crippen LogP contribution in [0.2, 0.25) is 0 Å². The van der Waals surface area contributed by atoms with E-state index in [2.05, 4.69) is 11.6 Å². The smallest absolute Gasteiger partial charge is 0.317 e. The van der Waals surface area contributed by atoms with E-state index in [1.807, 2.05) is 4.90 Å². The highest BCUT2D eigenvalue weighted by Crippen LogP contribution is 2.09. The molecule has 0 saturated carbocycles. The van der Waals surface area contributed by atoms with Crippen LogP contribution in [-0.2, 0) is 0 Å². The predicted molar refractivity (Wildman–Crippen MR) is 61.8 cm³/mol. The third-order valence-corrected chi connectivity index (χ3v) is 3.09. The minimum Gasteiger partial charge on any atom is -0.337 e. The van der Waals surface area contributed by atoms with Gasteiger partial charge in [-0.3, -0.25) is 0 Å². The summed E-state index contributed by atoms with van der Waals surface area (Å²) < 4.78 is 0. The Labute approximate surface area is 90.6 Å². The Morgan fingerprint density at radius 1 is 1.29 bits per heavy atom. The maximum Gasteiger partial charge on any atom is 0.317 e. The largest absolute Gasteiger partial charge is 0.337 e. The molecule has 0 aromatic carbocycles. The second kappa shape index (κ2) is 6.98. The molecule has 3 nitrogen and oxygen atoms in total. The van der Waals surface area contributed by atoms with Crippen molar-refractivity contribution in [2.45, 2.75) is 25.7 Å². The van der Waals surface area contributed by atoms with E-state index >= 15 is 0 Å². The molecule has 0 aromatic rings. The molecule has 0 radical (unpaired) electrons. The van der Waals surface area contributed by atoms with E-state index in [1.54, 1.807) is 11.8 Å². The van der Waals surface area contributed by atoms with Crippen LogP contribution < -0.4 is 5.32 Å². The standard InChI is InChI=1S/C10H20N2OS/c1-14-9-6-11-10(13)12-7-4-2-3-5-8-12/h2-9H2,1H3,(H,11,13). The molecule has 0 aliphatic carbocycles. The van der Waals surface area contributed by atoms with Crippen molar-refractivity contribution in [3.05, 3.63) is 0 Å². The number of rotatable bonds is 3. The van der Waals surface area contributed by atoms with Crippen molar-refractivity contribution >= 4 is 17.8 Å². The minimum atomic E-state index is 0.126. The van der Waals surface area contributed by atoms with Crippen LogP contribution in [0, 0.1) is 0 Å². The molecule has 1 rings (SSSR count). The van der Waals surface area contributed by atoms with Gasteiger partial charge in [0, 0.05) is 25.4 Å². The Hall–Kier alpha value is -0.380. The van der Waals surface area contributed by atoms with Crippen molar-refractivity contribution in [3.8, 4) is 0 Å². The van der Waals surface area contributed by atoms with Crippen LogP contribution in [0.1, 0.15) is 25.7 Å². The van der Waals surface area contributed by atoms with Crippen molar-refractivity contribution in [2.75, 3.05) is 31.6 Å². The highest BCUT2D eigenvalue weighted by atomic mass is 32.2. The first-order chi connectivity index (χ1) is 6.84. The maximum absolute atomic E-state index is 11.6. The normalized spacial score (nSPS) is 17.6. The predicted octanol–water partition coefficient (Wildman–Crippen LogP) is 1.94. The first-order valence-corrected chi connectivity index (χ1v) is 6.75. The van der Waals surface area contributed by atoms with Gasteiger partial charge in [0.1, 0.15) is 0 Å². The van der Waals surface area contributed by atoms with E-state index in [4.69, 9.17) is 0 Å². The summed E-state index contributed by atoms with van der Waals surface area (Å²) in [5.74, 6) is 1.000. The average Bonchev–Trinajstić information content (AvgIpc) is 2.46. The lowest BCUT2D eigenvalue weighted by Gasteiger charge is -2.20. The molecule has 1 fully saturated rings. The number of amides is 2. The summed E-state index contributed by atoms with van der Waals surface area (Å²) in [7, 11) is 0. The number of thioether (sulfide) groups is 1. The lowest BCUT2D eigenvalue weighted by molar-refractivity contribution is 0.200. The highest BCUT2D eigenvalue weighted by molar-refractivity contribution is 7.98. The molecule has 0 spiro atoms. The van der Waals surface area contributed by atoms with Gasteiger partial charge in [-0.05, 0) is 19.1 Å². The Balaban J connectivity index is 2.20. The first kappa shape index (κ1) is 11.7. The Morgan fingerprint density at radius 3 is 2.50 bits per heavy atom. The molecule has 1 saturated heterocycles. The van der Waals surface area contributed by atoms with Crippen LogP contribution in [0.15, 0.2) is 0 Å². The highest BCUT2D eigenvalue weighted by Gasteiger charge is 2.13. The van der Waals surface area contributed by atoms with Crippen LogP contribution in [0.3, 0.4) is 0 Å². The zero-order valence-electron chi connectivity index (χ0n) is 8.92. The maximum atomic E-state index is 11.6. The molecule has 1 aliphatic heterocycles. The van der Waals surface area contributed by atoms with Crippen LogP contribution in [0.4, 0.5) is 4.79 Å². The van der Waals surface area contributed by atoms with E-state index in [1.165, 1.54) is 12.8 Å². The van der Waals surface area contributed by atoms with E-state index in [0.29, 0.717) is 0 Å². The first-order valence-electron chi connectivity index (χ1n) is 5.36. The van der Waals surface area contributed by atoms with Gasteiger partial charge in [-0.1, -0.05) is 12.8 Å². The van der Waals surface area contributed by atoms with Gasteiger partial charge in [0.05, 0.1) is 0 Å². The summed E-state index contributed by atoms with van der Waals surface area (Å²) in [6, 6.07) is 0.126. The van der Waals surface area contributed by atoms with Crippen molar-refractivity contribution in [3.63, 3.8) is 0 Å². The fourth-order valence-corrected chi connectivity index (χ4v) is 1.95. The molecule has 0 bridgehead atoms. The molecule has 1 heterocycles. The summed E-state index contributed by atoms with van der Waals surface area (Å²) in [5.41, 5.74) is 0. The number of hydrogen-bond acceptors (Lipinski definition) is 2. The number of likely N-dealkylation sites (tertiary alicyclic amines) is 1. The molecule has 0 atom stereocenters. The second-order valence-electron chi connectivity index (χ2n) is 3.63. The van der Waals surface area contributed by atoms with Gasteiger partial charge >= 0.3 is 6.03 Å². The van der Waals surface area contributed by atoms with E-state index in [0.717, 1.165) is 38.2 Å². The monoisotopic (exact) mass is 216 g/mol. The summed E-state index contributed by atoms with van der Waals surface area (Å²) in [6.45, 7) is 2.66. The number of carbonyl (C=O) groups is 1. The molecular formula is C10H20N2OS. The third kappa shape index (κ3) is 4.22. The molecule has 1 aliphatic rings. The molecule has 0 aromatic heterocycles. The van der Waals surface area contributed by atoms with Gasteiger partial charge < -0.3 is 10.2 Å². The van der Waals surface area contributed by atoms with Crippen molar-refractivity contribution < 1.29 is 4.79 Å². The molecule has 14 heavy (non-hydrogen) atoms. The minimum absolute atomic E-state index is 0.126. The topological polar surface area (TPSA) is 32.3 Å². The number of urea groups is 1. The fourth-order valence-electron chi connectivity index (χ4n) is 1.65. The van der Waals surface area contributed by atoms with Crippen LogP contribution in [-0.4, -0.2) is 42.6 Å². The van der Waals surface area contributed by atoms with Crippen molar-refractivity contribution in [1.29, 1.82) is 0 Å². The zero-order chi connectivity index (χ0) is 10.2. The molecule has 4 heteroatoms. The van der Waals surface area contributed by atoms with E-state index in [-0.39, 0.29) is 6.03 Å². The lowest BCUT2D eigenvalue weighted by Crippen LogP contribution is -2.41. The number of hydrogen-bond donors (Lipinski definition) is 1. The second-order valence-corrected chi connectivity index (χ2v) is 4.61. The Bertz CT molecular complexity index is 168. The van der Waals surface area contributed by atoms with Crippen LogP contribution in [0.25, 0.3) is 0 Å². The molecule has 2 amide bonds. The van der Waals surface area contributed by atoms with E-state index in [9.17, 15) is 4.79 Å². The van der Waals surface area contributed by atoms with Crippen molar-refractivity contribution in [2.24, 2.45) is 0 Å². The van der Waals surface area contributed by atoms with Crippen LogP contribution >= 0.6 is 11.8 Å². The number of nitrogens with zero attached hydrogens (tertiary/aromatic N) is 1. The summed E-state index contributed by atoms with van der Waals surface area (Å²) in [4.78, 5) is 13.6. The quantitative estimate of drug-likeness (QED) is 0.731. The van der Waals surface area contributed by atoms with Gasteiger partial charge in [-0.15, -0.1) is 0 Å². The van der Waals surface area contributed by atoms with Gasteiger partial charge in [-0.2, -0.15) is 11.8 Å². The SMILES string of the molecule is CSCCNC(=O)N1CCCCCC1. The van der Waals surface area contributed by atoms with Gasteiger partial charge in [0.15, 0.2) is 0 Å². The lowest BCUT2D eigenvalue weighted by atomic mass is 10.2. The summed E-state index contributed by atoms with van der Waals surface area (Å²) >= 11 is 1.76. The molecular weight excluding hydrogens is 196 g/mol. The average molecular weight is 216 g/mol. The van der Waals surface area contributed by atoms with Gasteiger partial charge in [-0.25, -0.2) is 4.79 Å². The molecule has 1 N–H and O–H groups in total. The Kier molecular flexibility index (Phi) is 5.83. The summed E-state index contributed by atoms with van der Waals surface area (Å²) in [5, 5.41) is 2.95. The van der Waals surface area contributed by atoms with Gasteiger partial charge in [0.2, 0.25) is 0 Å². The van der Waals surface area contributed by atoms with E-state index < -0.39 is 0 Å². The van der Waals surface area contributed by atoms with Crippen LogP contribution in [0.5, 0.6) is 0 Å². The fraction of sp³-hybridized carbons (Fsp3) is 0.900. The Morgan fingerprint density at radius 2 is 1.93 bits per heavy atom. The number of carbonyl (C=O) groups excluding carboxylic acids is 1. The van der Waals surface area contributed by atoms with Crippen molar-refractivity contribution in [1.82, 2.24) is 10.2 Å². The number of nitrogens with one attached hydrogen (secondary N) is 1.